The molecule has 4 rings (SSSR count). The summed E-state index contributed by atoms with van der Waals surface area (Å²) in [6, 6.07) is 16.3. The molecule has 0 aliphatic carbocycles. The van der Waals surface area contributed by atoms with Crippen LogP contribution in [0.1, 0.15) is 11.1 Å². The number of carbonyl (C=O) groups is 1. The lowest BCUT2D eigenvalue weighted by Crippen LogP contribution is -2.25. The molecule has 27 heavy (non-hydrogen) atoms. The van der Waals surface area contributed by atoms with Crippen molar-refractivity contribution >= 4 is 37.5 Å². The molecule has 2 radical (unpaired) electrons. The number of ether oxygens (including phenoxy) is 1. The molecule has 0 saturated carbocycles. The topological polar surface area (TPSA) is 55.0 Å². The maximum absolute atomic E-state index is 12.4. The Morgan fingerprint density at radius 1 is 1.19 bits per heavy atom. The molecule has 6 heteroatoms. The molecule has 0 fully saturated rings. The van der Waals surface area contributed by atoms with Gasteiger partial charge in [0.05, 0.1) is 19.0 Å². The van der Waals surface area contributed by atoms with Gasteiger partial charge in [0.1, 0.15) is 14.6 Å². The molecule has 1 aliphatic rings. The fourth-order valence-electron chi connectivity index (χ4n) is 3.37. The first kappa shape index (κ1) is 17.4. The maximum Gasteiger partial charge on any atom is 0.334 e. The first-order chi connectivity index (χ1) is 13.2. The van der Waals surface area contributed by atoms with Gasteiger partial charge in [-0.2, -0.15) is 5.10 Å². The molecule has 0 bridgehead atoms. The van der Waals surface area contributed by atoms with Crippen molar-refractivity contribution in [1.82, 2.24) is 10.2 Å². The third-order valence-electron chi connectivity index (χ3n) is 4.73. The summed E-state index contributed by atoms with van der Waals surface area (Å²) >= 11 is 0. The second kappa shape index (κ2) is 7.70. The van der Waals surface area contributed by atoms with E-state index < -0.39 is 0 Å². The predicted molar refractivity (Wildman–Crippen MR) is 110 cm³/mol. The number of nitrogens with one attached hydrogen (secondary N) is 1. The van der Waals surface area contributed by atoms with E-state index in [-0.39, 0.29) is 5.97 Å². The number of H-pyrrole nitrogens is 1. The monoisotopic (exact) mass is 352 g/mol. The van der Waals surface area contributed by atoms with Crippen LogP contribution in [0.2, 0.25) is 6.22 Å². The third-order valence-corrected chi connectivity index (χ3v) is 4.73. The highest BCUT2D eigenvalue weighted by Crippen LogP contribution is 2.24. The zero-order valence-electron chi connectivity index (χ0n) is 15.1. The molecule has 1 N–H and O–H groups in total. The summed E-state index contributed by atoms with van der Waals surface area (Å²) in [5.74, 6) is -0.328. The molecule has 2 aromatic carbocycles. The first-order valence-electron chi connectivity index (χ1n) is 8.91. The van der Waals surface area contributed by atoms with Gasteiger partial charge in [0.2, 0.25) is 0 Å². The Bertz CT molecular complexity index is 996. The summed E-state index contributed by atoms with van der Waals surface area (Å²) in [6.45, 7) is 0. The highest BCUT2D eigenvalue weighted by Gasteiger charge is 2.17. The second-order valence-electron chi connectivity index (χ2n) is 6.51. The normalized spacial score (nSPS) is 12.9. The highest BCUT2D eigenvalue weighted by atomic mass is 16.5. The van der Waals surface area contributed by atoms with Gasteiger partial charge in [-0.1, -0.05) is 65.7 Å². The Labute approximate surface area is 160 Å². The molecule has 4 nitrogen and oxygen atoms in total. The van der Waals surface area contributed by atoms with Crippen LogP contribution in [0.3, 0.4) is 0 Å². The van der Waals surface area contributed by atoms with E-state index in [4.69, 9.17) is 4.74 Å². The van der Waals surface area contributed by atoms with Crippen LogP contribution in [0.15, 0.2) is 60.3 Å². The Morgan fingerprint density at radius 3 is 2.81 bits per heavy atom. The number of hydrogen-bond donors (Lipinski definition) is 1. The number of hydrogen-bond acceptors (Lipinski definition) is 3. The summed E-state index contributed by atoms with van der Waals surface area (Å²) in [5, 5.41) is 7.19. The van der Waals surface area contributed by atoms with Crippen molar-refractivity contribution < 1.29 is 9.53 Å². The fourth-order valence-corrected chi connectivity index (χ4v) is 3.37. The molecule has 1 aromatic heterocycles. The molecule has 2 heterocycles. The lowest BCUT2D eigenvalue weighted by molar-refractivity contribution is -0.136. The van der Waals surface area contributed by atoms with E-state index in [1.54, 1.807) is 6.20 Å². The number of carbonyl (C=O) groups excluding carboxylic acids is 1. The predicted octanol–water partition coefficient (Wildman–Crippen LogP) is 1.92. The standard InChI is InChI=1S/C21H18B2N2O2/c1-27-21(26)16(9-14-7-8-18-19(10-14)23-13-22-18)11-17-12-24-25-20(17)15-5-3-2-4-6-15/h2-8,10-12H,9,13H2,1H3,(H,24,25)/b16-11+. The minimum Gasteiger partial charge on any atom is -0.466 e. The summed E-state index contributed by atoms with van der Waals surface area (Å²) < 4.78 is 5.02. The van der Waals surface area contributed by atoms with Gasteiger partial charge in [-0.25, -0.2) is 4.79 Å². The third kappa shape index (κ3) is 3.75. The Kier molecular flexibility index (Phi) is 4.97. The van der Waals surface area contributed by atoms with Gasteiger partial charge >= 0.3 is 5.97 Å². The highest BCUT2D eigenvalue weighted by molar-refractivity contribution is 6.82. The lowest BCUT2D eigenvalue weighted by Gasteiger charge is -2.09. The van der Waals surface area contributed by atoms with E-state index in [0.29, 0.717) is 12.0 Å². The van der Waals surface area contributed by atoms with E-state index in [2.05, 4.69) is 43.0 Å². The summed E-state index contributed by atoms with van der Waals surface area (Å²) in [7, 11) is 5.81. The van der Waals surface area contributed by atoms with Crippen molar-refractivity contribution in [3.8, 4) is 11.3 Å². The molecule has 1 aliphatic heterocycles. The van der Waals surface area contributed by atoms with Crippen LogP contribution in [0, 0.1) is 0 Å². The Morgan fingerprint density at radius 2 is 2.00 bits per heavy atom. The largest absolute Gasteiger partial charge is 0.466 e. The molecule has 3 aromatic rings. The summed E-state index contributed by atoms with van der Waals surface area (Å²) in [5.41, 5.74) is 6.93. The molecule has 0 atom stereocenters. The van der Waals surface area contributed by atoms with Gasteiger partial charge in [0, 0.05) is 23.1 Å². The summed E-state index contributed by atoms with van der Waals surface area (Å²) in [6.07, 6.45) is 5.07. The second-order valence-corrected chi connectivity index (χ2v) is 6.51. The number of nitrogens with zero attached hydrogens (tertiary/aromatic N) is 1. The summed E-state index contributed by atoms with van der Waals surface area (Å²) in [4.78, 5) is 12.4. The number of methoxy groups -OCH3 is 1. The smallest absolute Gasteiger partial charge is 0.334 e. The van der Waals surface area contributed by atoms with Crippen LogP contribution in [0.4, 0.5) is 0 Å². The van der Waals surface area contributed by atoms with Crippen molar-refractivity contribution in [3.05, 3.63) is 71.4 Å². The molecule has 0 spiro atoms. The molecule has 0 unspecified atom stereocenters. The van der Waals surface area contributed by atoms with E-state index in [0.717, 1.165) is 28.6 Å². The fraction of sp³-hybridized carbons (Fsp3) is 0.143. The van der Waals surface area contributed by atoms with Gasteiger partial charge in [0.15, 0.2) is 0 Å². The van der Waals surface area contributed by atoms with Crippen molar-refractivity contribution in [3.63, 3.8) is 0 Å². The van der Waals surface area contributed by atoms with Gasteiger partial charge in [0.25, 0.3) is 0 Å². The van der Waals surface area contributed by atoms with E-state index in [1.807, 2.05) is 36.4 Å². The van der Waals surface area contributed by atoms with Crippen LogP contribution in [0.5, 0.6) is 0 Å². The van der Waals surface area contributed by atoms with Crippen LogP contribution in [-0.2, 0) is 16.0 Å². The average Bonchev–Trinajstić information content (AvgIpc) is 3.36. The van der Waals surface area contributed by atoms with E-state index in [9.17, 15) is 4.79 Å². The number of fused-ring (bicyclic) bond motifs is 1. The van der Waals surface area contributed by atoms with Gasteiger partial charge < -0.3 is 4.74 Å². The molecule has 0 saturated heterocycles. The first-order valence-corrected chi connectivity index (χ1v) is 8.91. The SMILES string of the molecule is COC(=O)/C(=C/c1cn[nH]c1-c1ccccc1)Cc1ccc2c(c1)[B]C[B]2. The van der Waals surface area contributed by atoms with E-state index in [1.165, 1.54) is 18.0 Å². The zero-order chi connectivity index (χ0) is 18.6. The van der Waals surface area contributed by atoms with Gasteiger partial charge in [-0.3, -0.25) is 5.10 Å². The number of aromatic amines is 1. The van der Waals surface area contributed by atoms with Crippen LogP contribution in [-0.4, -0.2) is 37.8 Å². The Balaban J connectivity index is 1.67. The maximum atomic E-state index is 12.4. The van der Waals surface area contributed by atoms with Gasteiger partial charge in [-0.05, 0) is 11.6 Å². The Hall–Kier alpha value is -3.01. The van der Waals surface area contributed by atoms with Gasteiger partial charge in [-0.15, -0.1) is 0 Å². The number of rotatable bonds is 5. The van der Waals surface area contributed by atoms with Crippen molar-refractivity contribution in [1.29, 1.82) is 0 Å². The molecule has 0 amide bonds. The van der Waals surface area contributed by atoms with Crippen molar-refractivity contribution in [2.75, 3.05) is 7.11 Å². The van der Waals surface area contributed by atoms with Crippen LogP contribution in [0.25, 0.3) is 17.3 Å². The molecule has 130 valence electrons. The number of aromatic nitrogens is 2. The lowest BCUT2D eigenvalue weighted by atomic mass is 9.63. The number of benzene rings is 2. The average molecular weight is 352 g/mol. The van der Waals surface area contributed by atoms with Crippen molar-refractivity contribution in [2.45, 2.75) is 12.6 Å². The van der Waals surface area contributed by atoms with Crippen LogP contribution >= 0.6 is 0 Å². The van der Waals surface area contributed by atoms with Crippen molar-refractivity contribution in [2.24, 2.45) is 0 Å². The van der Waals surface area contributed by atoms with E-state index >= 15 is 0 Å². The minimum atomic E-state index is -0.328. The molecular weight excluding hydrogens is 334 g/mol. The molecular formula is C21H18B2N2O2. The zero-order valence-corrected chi connectivity index (χ0v) is 15.1. The number of esters is 1. The quantitative estimate of drug-likeness (QED) is 0.434. The minimum absolute atomic E-state index is 0.328. The van der Waals surface area contributed by atoms with Crippen LogP contribution < -0.4 is 10.9 Å².